The lowest BCUT2D eigenvalue weighted by Gasteiger charge is -2.36. The minimum atomic E-state index is -1.55. The summed E-state index contributed by atoms with van der Waals surface area (Å²) < 4.78 is 44.3. The summed E-state index contributed by atoms with van der Waals surface area (Å²) in [6, 6.07) is 28.0. The van der Waals surface area contributed by atoms with Crippen LogP contribution in [0.25, 0.3) is 0 Å². The number of halogens is 1. The summed E-state index contributed by atoms with van der Waals surface area (Å²) in [4.78, 5) is 133. The van der Waals surface area contributed by atoms with Gasteiger partial charge in [0.15, 0.2) is 18.1 Å². The highest BCUT2D eigenvalue weighted by molar-refractivity contribution is 6.38. The number of cyclic esters (lactones) is 2. The number of Topliss-reactive ketones (excluding diaryl/α,β-unsaturated/α-hetero) is 1. The van der Waals surface area contributed by atoms with Crippen molar-refractivity contribution in [1.29, 1.82) is 0 Å². The van der Waals surface area contributed by atoms with Crippen LogP contribution in [0.3, 0.4) is 0 Å². The van der Waals surface area contributed by atoms with E-state index in [0.29, 0.717) is 29.5 Å². The number of aromatic hydroxyl groups is 1. The average molecular weight is 1240 g/mol. The Kier molecular flexibility index (Phi) is 24.2. The maximum atomic E-state index is 15.7. The van der Waals surface area contributed by atoms with Gasteiger partial charge in [0.2, 0.25) is 29.4 Å². The van der Waals surface area contributed by atoms with Crippen molar-refractivity contribution in [3.63, 3.8) is 0 Å². The summed E-state index contributed by atoms with van der Waals surface area (Å²) in [6.07, 6.45) is 2.69. The molecule has 2 bridgehead atoms. The zero-order chi connectivity index (χ0) is 65.1. The molecule has 1 fully saturated rings. The van der Waals surface area contributed by atoms with Crippen LogP contribution in [-0.4, -0.2) is 170 Å². The normalized spacial score (nSPS) is 21.4. The van der Waals surface area contributed by atoms with E-state index in [1.165, 1.54) is 100 Å². The highest BCUT2D eigenvalue weighted by Gasteiger charge is 2.43. The van der Waals surface area contributed by atoms with Gasteiger partial charge in [-0.1, -0.05) is 91.0 Å². The van der Waals surface area contributed by atoms with Crippen LogP contribution in [0, 0.1) is 11.2 Å². The minimum absolute atomic E-state index is 0.00731. The molecule has 5 atom stereocenters. The Morgan fingerprint density at radius 3 is 1.97 bits per heavy atom. The van der Waals surface area contributed by atoms with Gasteiger partial charge in [0, 0.05) is 65.6 Å². The molecule has 6 amide bonds. The number of rotatable bonds is 11. The molecule has 3 N–H and O–H groups in total. The van der Waals surface area contributed by atoms with Crippen molar-refractivity contribution in [3.8, 4) is 23.0 Å². The average Bonchev–Trinajstić information content (AvgIpc) is 1.30. The lowest BCUT2D eigenvalue weighted by molar-refractivity contribution is -0.165. The molecule has 1 saturated heterocycles. The second-order valence-electron chi connectivity index (χ2n) is 23.1. The molecule has 7 rings (SSSR count). The number of ether oxygens (including phenoxy) is 5. The van der Waals surface area contributed by atoms with E-state index in [9.17, 15) is 48.3 Å². The Hall–Kier alpha value is -9.60. The van der Waals surface area contributed by atoms with Crippen LogP contribution in [0.15, 0.2) is 133 Å². The van der Waals surface area contributed by atoms with Gasteiger partial charge in [-0.05, 0) is 111 Å². The van der Waals surface area contributed by atoms with E-state index in [1.807, 2.05) is 6.07 Å². The summed E-state index contributed by atoms with van der Waals surface area (Å²) in [5.41, 5.74) is 0.949. The number of carbonyl (C=O) groups excluding carboxylic acids is 9. The topological polar surface area (TPSA) is 257 Å². The number of hydrogen-bond donors (Lipinski definition) is 3. The van der Waals surface area contributed by atoms with Gasteiger partial charge in [-0.25, -0.2) is 14.0 Å². The number of piperidine rings is 1. The molecule has 0 radical (unpaired) electrons. The monoisotopic (exact) mass is 1240 g/mol. The molecular weight excluding hydrogens is 1160 g/mol. The van der Waals surface area contributed by atoms with Crippen LogP contribution in [0.4, 0.5) is 4.39 Å². The molecule has 90 heavy (non-hydrogen) atoms. The predicted molar refractivity (Wildman–Crippen MR) is 329 cm³/mol. The molecule has 22 heteroatoms. The molecule has 0 unspecified atom stereocenters. The number of carbonyl (C=O) groups is 9. The van der Waals surface area contributed by atoms with Gasteiger partial charge < -0.3 is 59.0 Å². The third-order valence-electron chi connectivity index (χ3n) is 15.9. The molecule has 0 spiro atoms. The summed E-state index contributed by atoms with van der Waals surface area (Å²) in [5, 5.41) is 15.8. The number of benzene rings is 5. The number of likely N-dealkylation sites (N-methyl/N-ethyl adjacent to an activating group) is 3. The van der Waals surface area contributed by atoms with Gasteiger partial charge in [-0.15, -0.1) is 0 Å². The van der Waals surface area contributed by atoms with Gasteiger partial charge in [0.1, 0.15) is 54.2 Å². The summed E-state index contributed by atoms with van der Waals surface area (Å²) in [5.74, 6) is -6.92. The van der Waals surface area contributed by atoms with Crippen molar-refractivity contribution in [2.24, 2.45) is 5.41 Å². The number of amides is 6. The van der Waals surface area contributed by atoms with Crippen LogP contribution >= 0.6 is 0 Å². The van der Waals surface area contributed by atoms with E-state index in [0.717, 1.165) is 16.5 Å². The summed E-state index contributed by atoms with van der Waals surface area (Å²) in [6.45, 7) is 1.35. The first-order valence-electron chi connectivity index (χ1n) is 29.8. The predicted octanol–water partition coefficient (Wildman–Crippen LogP) is 6.07. The molecule has 478 valence electrons. The zero-order valence-electron chi connectivity index (χ0n) is 51.8. The van der Waals surface area contributed by atoms with E-state index in [2.05, 4.69) is 10.6 Å². The Labute approximate surface area is 523 Å². The number of ketones is 1. The fraction of sp³-hybridized carbons (Fsp3) is 0.397. The van der Waals surface area contributed by atoms with Crippen molar-refractivity contribution in [3.05, 3.63) is 167 Å². The Morgan fingerprint density at radius 1 is 0.689 bits per heavy atom. The van der Waals surface area contributed by atoms with E-state index in [-0.39, 0.29) is 86.6 Å². The quantitative estimate of drug-likeness (QED) is 0.100. The SMILES string of the molecule is COc1cc(F)c(CC[C@H]2OC(=O)[C@@H]3CCCCN3C(=O)C(=O)C(C)(C)COC(=O)/C=C/CCN(C)C(=O)[C@@H](Cc3ccccc3)NC(=O)CN(C)C(=O)[C@@H](Cc3ccccc3)NC(=O)[C@H](Cc3ccc(O)cc3)N(C)C(=O)COc3cccc2c3)cc1OC. The molecule has 5 aromatic rings. The number of fused-ring (bicyclic) bond motifs is 3. The number of hydrogen-bond acceptors (Lipinski definition) is 15. The van der Waals surface area contributed by atoms with Gasteiger partial charge >= 0.3 is 11.9 Å². The fourth-order valence-corrected chi connectivity index (χ4v) is 10.6. The zero-order valence-corrected chi connectivity index (χ0v) is 51.8. The molecule has 0 aromatic heterocycles. The van der Waals surface area contributed by atoms with Crippen molar-refractivity contribution in [1.82, 2.24) is 30.2 Å². The number of esters is 2. The number of phenols is 1. The molecular formula is C68H79FN6O15. The molecule has 5 aromatic carbocycles. The van der Waals surface area contributed by atoms with Crippen molar-refractivity contribution < 1.29 is 76.3 Å². The maximum Gasteiger partial charge on any atom is 0.330 e. The number of phenolic OH excluding ortho intramolecular Hbond substituents is 1. The van der Waals surface area contributed by atoms with Crippen LogP contribution in [0.2, 0.25) is 0 Å². The fourth-order valence-electron chi connectivity index (χ4n) is 10.6. The second kappa shape index (κ2) is 32.0. The summed E-state index contributed by atoms with van der Waals surface area (Å²) in [7, 11) is 7.10. The number of methoxy groups -OCH3 is 2. The van der Waals surface area contributed by atoms with Crippen LogP contribution in [0.1, 0.15) is 79.9 Å². The smallest absolute Gasteiger partial charge is 0.330 e. The highest BCUT2D eigenvalue weighted by atomic mass is 19.1. The maximum absolute atomic E-state index is 15.7. The standard InChI is InChI=1S/C68H79FN6O15/c1-68(2)43-89-61(79)26-15-16-33-72(3)64(82)52(35-44-19-10-8-11-20-44)70-59(77)41-73(4)65(83)53(36-45-21-12-9-13-22-45)71-63(81)55(37-46-27-30-49(76)31-28-46)74(5)60(78)42-88-50-24-18-23-48(38-50)56(32-29-47-39-57(86-6)58(87-7)40-51(47)69)90-67(85)54-25-14-17-34-75(54)66(84)62(68)80/h8-13,15,18-24,26-28,30-31,38-40,52-56,76H,14,16-17,25,29,32-37,41-43H2,1-7H3,(H,70,77)(H,71,81)/b26-15+/t52-,53-,54+,55+,56-/m1/s1. The van der Waals surface area contributed by atoms with Crippen molar-refractivity contribution in [2.75, 3.05) is 68.2 Å². The lowest BCUT2D eigenvalue weighted by atomic mass is 9.87. The molecule has 21 nitrogen and oxygen atoms in total. The molecule has 0 saturated carbocycles. The number of nitrogens with zero attached hydrogens (tertiary/aromatic N) is 4. The molecule has 2 aliphatic rings. The van der Waals surface area contributed by atoms with E-state index in [1.54, 1.807) is 84.9 Å². The third kappa shape index (κ3) is 18.7. The van der Waals surface area contributed by atoms with Gasteiger partial charge in [0.05, 0.1) is 26.2 Å². The first-order valence-corrected chi connectivity index (χ1v) is 29.8. The largest absolute Gasteiger partial charge is 0.508 e. The van der Waals surface area contributed by atoms with Crippen molar-refractivity contribution in [2.45, 2.75) is 102 Å². The Bertz CT molecular complexity index is 3380. The Morgan fingerprint density at radius 2 is 1.31 bits per heavy atom. The highest BCUT2D eigenvalue weighted by Crippen LogP contribution is 2.34. The van der Waals surface area contributed by atoms with E-state index in [4.69, 9.17) is 23.7 Å². The van der Waals surface area contributed by atoms with Crippen LogP contribution in [0.5, 0.6) is 23.0 Å². The van der Waals surface area contributed by atoms with Crippen LogP contribution in [-0.2, 0) is 78.3 Å². The first kappa shape index (κ1) is 67.9. The lowest BCUT2D eigenvalue weighted by Crippen LogP contribution is -2.57. The van der Waals surface area contributed by atoms with Gasteiger partial charge in [0.25, 0.3) is 11.8 Å². The van der Waals surface area contributed by atoms with Crippen LogP contribution < -0.4 is 24.8 Å². The second-order valence-corrected chi connectivity index (χ2v) is 23.1. The van der Waals surface area contributed by atoms with Gasteiger partial charge in [-0.3, -0.25) is 33.6 Å². The van der Waals surface area contributed by atoms with Crippen molar-refractivity contribution >= 4 is 53.2 Å². The first-order chi connectivity index (χ1) is 43.0. The Balaban J connectivity index is 1.22. The molecule has 0 aliphatic carbocycles. The number of nitrogens with one attached hydrogen (secondary N) is 2. The van der Waals surface area contributed by atoms with E-state index < -0.39 is 114 Å². The van der Waals surface area contributed by atoms with E-state index >= 15 is 4.39 Å². The van der Waals surface area contributed by atoms with Gasteiger partial charge in [-0.2, -0.15) is 0 Å². The summed E-state index contributed by atoms with van der Waals surface area (Å²) >= 11 is 0. The molecule has 2 heterocycles. The minimum Gasteiger partial charge on any atom is -0.508 e. The molecule has 2 aliphatic heterocycles. The third-order valence-corrected chi connectivity index (χ3v) is 15.9. The number of aryl methyl sites for hydroxylation is 1.